The number of methoxy groups -OCH3 is 3. The summed E-state index contributed by atoms with van der Waals surface area (Å²) in [5.74, 6) is -1.11. The van der Waals surface area contributed by atoms with E-state index in [1.165, 1.54) is 35.2 Å². The molecule has 0 bridgehead atoms. The third-order valence-corrected chi connectivity index (χ3v) is 2.73. The lowest BCUT2D eigenvalue weighted by Crippen LogP contribution is -2.51. The summed E-state index contributed by atoms with van der Waals surface area (Å²) >= 11 is 0. The molecule has 0 spiro atoms. The zero-order valence-corrected chi connectivity index (χ0v) is 12.9. The van der Waals surface area contributed by atoms with Gasteiger partial charge in [0.25, 0.3) is 0 Å². The molecule has 0 N–H and O–H groups in total. The first-order valence-electron chi connectivity index (χ1n) is 6.25. The normalized spacial score (nSPS) is 16.4. The molecular formula is C13H22O8. The van der Waals surface area contributed by atoms with Crippen molar-refractivity contribution in [3.8, 4) is 0 Å². The maximum absolute atomic E-state index is 11.2. The number of carbonyl (C=O) groups is 3. The highest BCUT2D eigenvalue weighted by molar-refractivity contribution is 5.67. The van der Waals surface area contributed by atoms with Crippen LogP contribution in [0.15, 0.2) is 0 Å². The van der Waals surface area contributed by atoms with Crippen LogP contribution in [-0.4, -0.2) is 70.6 Å². The average Bonchev–Trinajstić information content (AvgIpc) is 2.43. The van der Waals surface area contributed by atoms with Crippen LogP contribution in [0.4, 0.5) is 0 Å². The van der Waals surface area contributed by atoms with E-state index in [4.69, 9.17) is 23.7 Å². The van der Waals surface area contributed by atoms with Crippen LogP contribution >= 0.6 is 0 Å². The molecule has 0 aromatic rings. The zero-order valence-electron chi connectivity index (χ0n) is 12.9. The van der Waals surface area contributed by atoms with Gasteiger partial charge in [-0.05, 0) is 0 Å². The van der Waals surface area contributed by atoms with Crippen molar-refractivity contribution in [2.75, 3.05) is 27.9 Å². The van der Waals surface area contributed by atoms with E-state index in [0.717, 1.165) is 0 Å². The fraction of sp³-hybridized carbons (Fsp3) is 0.769. The van der Waals surface area contributed by atoms with Crippen LogP contribution in [0, 0.1) is 0 Å². The summed E-state index contributed by atoms with van der Waals surface area (Å²) in [6.07, 6.45) is -2.99. The number of rotatable bonds is 10. The minimum absolute atomic E-state index is 0.220. The molecular weight excluding hydrogens is 284 g/mol. The van der Waals surface area contributed by atoms with Crippen LogP contribution < -0.4 is 0 Å². The Morgan fingerprint density at radius 3 is 1.86 bits per heavy atom. The summed E-state index contributed by atoms with van der Waals surface area (Å²) in [4.78, 5) is 33.1. The number of ether oxygens (including phenoxy) is 5. The Labute approximate surface area is 123 Å². The smallest absolute Gasteiger partial charge is 0.303 e. The van der Waals surface area contributed by atoms with Gasteiger partial charge >= 0.3 is 11.9 Å². The minimum atomic E-state index is -0.932. The average molecular weight is 306 g/mol. The molecule has 0 aliphatic carbocycles. The zero-order chi connectivity index (χ0) is 16.4. The molecule has 0 fully saturated rings. The molecule has 0 saturated carbocycles. The van der Waals surface area contributed by atoms with E-state index in [0.29, 0.717) is 6.29 Å². The van der Waals surface area contributed by atoms with Crippen LogP contribution in [-0.2, 0) is 38.1 Å². The van der Waals surface area contributed by atoms with Crippen molar-refractivity contribution in [1.82, 2.24) is 0 Å². The van der Waals surface area contributed by atoms with Crippen molar-refractivity contribution in [2.45, 2.75) is 38.3 Å². The van der Waals surface area contributed by atoms with Gasteiger partial charge in [-0.2, -0.15) is 0 Å². The second-order valence-corrected chi connectivity index (χ2v) is 4.19. The second-order valence-electron chi connectivity index (χ2n) is 4.19. The van der Waals surface area contributed by atoms with Crippen molar-refractivity contribution in [2.24, 2.45) is 0 Å². The number of hydrogen-bond acceptors (Lipinski definition) is 8. The lowest BCUT2D eigenvalue weighted by Gasteiger charge is -2.32. The molecule has 0 aliphatic heterocycles. The molecule has 122 valence electrons. The molecule has 8 heteroatoms. The lowest BCUT2D eigenvalue weighted by molar-refractivity contribution is -0.183. The maximum atomic E-state index is 11.2. The third kappa shape index (κ3) is 6.65. The molecule has 0 aromatic heterocycles. The van der Waals surface area contributed by atoms with Crippen molar-refractivity contribution < 1.29 is 38.1 Å². The Kier molecular flexibility index (Phi) is 9.51. The Hall–Kier alpha value is -1.51. The number of hydrogen-bond donors (Lipinski definition) is 0. The molecule has 4 atom stereocenters. The largest absolute Gasteiger partial charge is 0.462 e. The molecule has 8 nitrogen and oxygen atoms in total. The van der Waals surface area contributed by atoms with Gasteiger partial charge < -0.3 is 28.5 Å². The van der Waals surface area contributed by atoms with Crippen LogP contribution in [0.1, 0.15) is 13.8 Å². The van der Waals surface area contributed by atoms with Gasteiger partial charge in [-0.3, -0.25) is 9.59 Å². The molecule has 0 aromatic carbocycles. The number of esters is 2. The molecule has 0 unspecified atom stereocenters. The van der Waals surface area contributed by atoms with E-state index < -0.39 is 36.4 Å². The van der Waals surface area contributed by atoms with Gasteiger partial charge in [0.15, 0.2) is 12.4 Å². The van der Waals surface area contributed by atoms with Gasteiger partial charge in [0.1, 0.15) is 24.9 Å². The van der Waals surface area contributed by atoms with Gasteiger partial charge in [-0.1, -0.05) is 0 Å². The van der Waals surface area contributed by atoms with Gasteiger partial charge in [-0.15, -0.1) is 0 Å². The lowest BCUT2D eigenvalue weighted by atomic mass is 10.0. The fourth-order valence-electron chi connectivity index (χ4n) is 1.83. The topological polar surface area (TPSA) is 97.4 Å². The van der Waals surface area contributed by atoms with Gasteiger partial charge in [0, 0.05) is 35.2 Å². The fourth-order valence-corrected chi connectivity index (χ4v) is 1.83. The van der Waals surface area contributed by atoms with Crippen molar-refractivity contribution >= 4 is 18.2 Å². The molecule has 0 saturated heterocycles. The summed E-state index contributed by atoms with van der Waals surface area (Å²) in [7, 11) is 4.06. The predicted octanol–water partition coefficient (Wildman–Crippen LogP) is -0.275. The highest BCUT2D eigenvalue weighted by atomic mass is 16.6. The van der Waals surface area contributed by atoms with Crippen LogP contribution in [0.3, 0.4) is 0 Å². The summed E-state index contributed by atoms with van der Waals surface area (Å²) in [5, 5.41) is 0. The van der Waals surface area contributed by atoms with E-state index in [1.807, 2.05) is 0 Å². The second kappa shape index (κ2) is 10.3. The SMILES string of the molecule is CO[C@@H]([C@H](OC)[C@@H](COC(C)=O)OC(C)=O)[C@H](C=O)OC. The molecule has 0 aliphatic rings. The number of aldehydes is 1. The van der Waals surface area contributed by atoms with Crippen molar-refractivity contribution in [3.63, 3.8) is 0 Å². The predicted molar refractivity (Wildman–Crippen MR) is 70.6 cm³/mol. The number of carbonyl (C=O) groups excluding carboxylic acids is 3. The van der Waals surface area contributed by atoms with Crippen molar-refractivity contribution in [3.05, 3.63) is 0 Å². The summed E-state index contributed by atoms with van der Waals surface area (Å²) in [5.41, 5.74) is 0. The summed E-state index contributed by atoms with van der Waals surface area (Å²) < 4.78 is 25.4. The highest BCUT2D eigenvalue weighted by Crippen LogP contribution is 2.16. The van der Waals surface area contributed by atoms with Gasteiger partial charge in [-0.25, -0.2) is 0 Å². The molecule has 0 radical (unpaired) electrons. The third-order valence-electron chi connectivity index (χ3n) is 2.73. The minimum Gasteiger partial charge on any atom is -0.462 e. The van der Waals surface area contributed by atoms with E-state index in [2.05, 4.69) is 0 Å². The van der Waals surface area contributed by atoms with Crippen molar-refractivity contribution in [1.29, 1.82) is 0 Å². The first-order chi connectivity index (χ1) is 9.90. The summed E-state index contributed by atoms with van der Waals surface area (Å²) in [6, 6.07) is 0. The Balaban J connectivity index is 5.18. The molecule has 0 amide bonds. The monoisotopic (exact) mass is 306 g/mol. The van der Waals surface area contributed by atoms with E-state index >= 15 is 0 Å². The van der Waals surface area contributed by atoms with Crippen LogP contribution in [0.2, 0.25) is 0 Å². The van der Waals surface area contributed by atoms with E-state index in [9.17, 15) is 14.4 Å². The highest BCUT2D eigenvalue weighted by Gasteiger charge is 2.38. The molecule has 0 rings (SSSR count). The first kappa shape index (κ1) is 19.5. The van der Waals surface area contributed by atoms with Gasteiger partial charge in [0.05, 0.1) is 0 Å². The quantitative estimate of drug-likeness (QED) is 0.402. The maximum Gasteiger partial charge on any atom is 0.303 e. The Bertz CT molecular complexity index is 343. The molecule has 21 heavy (non-hydrogen) atoms. The van der Waals surface area contributed by atoms with Gasteiger partial charge in [0.2, 0.25) is 0 Å². The van der Waals surface area contributed by atoms with Crippen LogP contribution in [0.25, 0.3) is 0 Å². The first-order valence-corrected chi connectivity index (χ1v) is 6.25. The summed E-state index contributed by atoms with van der Waals surface area (Å²) in [6.45, 7) is 2.22. The standard InChI is InChI=1S/C13H22O8/c1-8(15)20-7-11(21-9(2)16)13(19-5)12(18-4)10(6-14)17-3/h6,10-13H,7H2,1-5H3/t10-,11+,12+,13+/m0/s1. The Morgan fingerprint density at radius 1 is 0.952 bits per heavy atom. The van der Waals surface area contributed by atoms with E-state index in [1.54, 1.807) is 0 Å². The Morgan fingerprint density at radius 2 is 1.52 bits per heavy atom. The van der Waals surface area contributed by atoms with E-state index in [-0.39, 0.29) is 6.61 Å². The molecule has 0 heterocycles. The van der Waals surface area contributed by atoms with Crippen LogP contribution in [0.5, 0.6) is 0 Å².